The minimum Gasteiger partial charge on any atom is -0.375 e. The van der Waals surface area contributed by atoms with E-state index in [4.69, 9.17) is 10.3 Å². The van der Waals surface area contributed by atoms with Crippen LogP contribution in [-0.4, -0.2) is 18.2 Å². The number of rotatable bonds is 1. The molecule has 1 atom stereocenters. The maximum atomic E-state index is 8.42. The van der Waals surface area contributed by atoms with Gasteiger partial charge >= 0.3 is 0 Å². The molecule has 0 aromatic carbocycles. The Labute approximate surface area is 84.3 Å². The minimum absolute atomic E-state index is 0.0648. The predicted molar refractivity (Wildman–Crippen MR) is 53.9 cm³/mol. The van der Waals surface area contributed by atoms with Crippen molar-refractivity contribution in [3.63, 3.8) is 0 Å². The van der Waals surface area contributed by atoms with E-state index in [0.29, 0.717) is 0 Å². The van der Waals surface area contributed by atoms with E-state index in [1.54, 1.807) is 0 Å². The third-order valence-electron chi connectivity index (χ3n) is 3.45. The molecular formula is C10H17N3O. The fraction of sp³-hybridized carbons (Fsp3) is 1.00. The summed E-state index contributed by atoms with van der Waals surface area (Å²) in [5.41, 5.74) is 8.49. The van der Waals surface area contributed by atoms with Crippen molar-refractivity contribution in [3.05, 3.63) is 10.4 Å². The first-order valence-corrected chi connectivity index (χ1v) is 5.53. The monoisotopic (exact) mass is 195 g/mol. The Morgan fingerprint density at radius 2 is 2.07 bits per heavy atom. The highest BCUT2D eigenvalue weighted by atomic mass is 16.5. The van der Waals surface area contributed by atoms with Crippen molar-refractivity contribution in [1.29, 1.82) is 0 Å². The molecule has 1 saturated heterocycles. The van der Waals surface area contributed by atoms with Crippen LogP contribution in [0.1, 0.15) is 44.9 Å². The van der Waals surface area contributed by atoms with Gasteiger partial charge < -0.3 is 4.74 Å². The lowest BCUT2D eigenvalue weighted by atomic mass is 9.78. The Hall–Kier alpha value is -0.730. The number of azide groups is 1. The van der Waals surface area contributed by atoms with E-state index >= 15 is 0 Å². The third kappa shape index (κ3) is 2.02. The normalized spacial score (nSPS) is 31.0. The fourth-order valence-electron chi connectivity index (χ4n) is 2.72. The van der Waals surface area contributed by atoms with Gasteiger partial charge in [0.15, 0.2) is 0 Å². The van der Waals surface area contributed by atoms with Crippen LogP contribution < -0.4 is 0 Å². The molecule has 1 saturated carbocycles. The fourth-order valence-corrected chi connectivity index (χ4v) is 2.72. The molecule has 4 heteroatoms. The molecular weight excluding hydrogens is 178 g/mol. The van der Waals surface area contributed by atoms with Gasteiger partial charge in [-0.15, -0.1) is 0 Å². The number of ether oxygens (including phenoxy) is 1. The highest BCUT2D eigenvalue weighted by molar-refractivity contribution is 4.92. The molecule has 2 fully saturated rings. The Morgan fingerprint density at radius 3 is 2.79 bits per heavy atom. The number of hydrogen-bond acceptors (Lipinski definition) is 2. The largest absolute Gasteiger partial charge is 0.375 e. The highest BCUT2D eigenvalue weighted by Crippen LogP contribution is 2.39. The third-order valence-corrected chi connectivity index (χ3v) is 3.45. The van der Waals surface area contributed by atoms with Crippen molar-refractivity contribution in [1.82, 2.24) is 0 Å². The van der Waals surface area contributed by atoms with Crippen molar-refractivity contribution in [2.75, 3.05) is 6.61 Å². The average molecular weight is 195 g/mol. The predicted octanol–water partition coefficient (Wildman–Crippen LogP) is 3.18. The van der Waals surface area contributed by atoms with Crippen LogP contribution in [0.5, 0.6) is 0 Å². The van der Waals surface area contributed by atoms with Crippen LogP contribution in [-0.2, 0) is 4.74 Å². The van der Waals surface area contributed by atoms with Gasteiger partial charge in [0.1, 0.15) is 0 Å². The summed E-state index contributed by atoms with van der Waals surface area (Å²) in [5.74, 6) is 0. The first kappa shape index (κ1) is 9.81. The topological polar surface area (TPSA) is 58.0 Å². The summed E-state index contributed by atoms with van der Waals surface area (Å²) >= 11 is 0. The minimum atomic E-state index is 0.0648. The maximum absolute atomic E-state index is 8.42. The van der Waals surface area contributed by atoms with E-state index in [0.717, 1.165) is 32.3 Å². The Bertz CT molecular complexity index is 236. The summed E-state index contributed by atoms with van der Waals surface area (Å²) in [7, 11) is 0. The lowest BCUT2D eigenvalue weighted by molar-refractivity contribution is -0.105. The summed E-state index contributed by atoms with van der Waals surface area (Å²) in [6, 6.07) is 0.173. The lowest BCUT2D eigenvalue weighted by Crippen LogP contribution is -2.42. The second-order valence-electron chi connectivity index (χ2n) is 4.44. The van der Waals surface area contributed by atoms with Crippen molar-refractivity contribution in [2.45, 2.75) is 56.6 Å². The van der Waals surface area contributed by atoms with Crippen molar-refractivity contribution in [2.24, 2.45) is 5.11 Å². The Balaban J connectivity index is 2.00. The quantitative estimate of drug-likeness (QED) is 0.360. The second-order valence-corrected chi connectivity index (χ2v) is 4.44. The van der Waals surface area contributed by atoms with Crippen molar-refractivity contribution < 1.29 is 4.74 Å². The molecule has 14 heavy (non-hydrogen) atoms. The van der Waals surface area contributed by atoms with Crippen LogP contribution in [0.3, 0.4) is 0 Å². The molecule has 0 bridgehead atoms. The van der Waals surface area contributed by atoms with Gasteiger partial charge in [0.05, 0.1) is 5.60 Å². The van der Waals surface area contributed by atoms with E-state index < -0.39 is 0 Å². The smallest absolute Gasteiger partial charge is 0.0686 e. The summed E-state index contributed by atoms with van der Waals surface area (Å²) in [6.45, 7) is 0.768. The molecule has 0 aromatic heterocycles. The Morgan fingerprint density at radius 1 is 1.29 bits per heavy atom. The molecule has 0 radical (unpaired) electrons. The van der Waals surface area contributed by atoms with Crippen molar-refractivity contribution in [3.8, 4) is 0 Å². The molecule has 1 aliphatic heterocycles. The van der Waals surface area contributed by atoms with E-state index in [2.05, 4.69) is 10.0 Å². The van der Waals surface area contributed by atoms with Gasteiger partial charge in [0.25, 0.3) is 0 Å². The van der Waals surface area contributed by atoms with Crippen molar-refractivity contribution >= 4 is 0 Å². The summed E-state index contributed by atoms with van der Waals surface area (Å²) < 4.78 is 5.90. The van der Waals surface area contributed by atoms with Crippen LogP contribution >= 0.6 is 0 Å². The number of hydrogen-bond donors (Lipinski definition) is 0. The molecule has 0 aromatic rings. The molecule has 1 unspecified atom stereocenters. The first-order valence-electron chi connectivity index (χ1n) is 5.53. The van der Waals surface area contributed by atoms with E-state index in [1.165, 1.54) is 19.3 Å². The second kappa shape index (κ2) is 4.20. The molecule has 1 heterocycles. The zero-order valence-electron chi connectivity index (χ0n) is 8.48. The molecule has 0 N–H and O–H groups in total. The average Bonchev–Trinajstić information content (AvgIpc) is 2.19. The number of nitrogens with zero attached hydrogens (tertiary/aromatic N) is 3. The molecule has 1 aliphatic carbocycles. The van der Waals surface area contributed by atoms with Crippen LogP contribution in [0.25, 0.3) is 10.4 Å². The zero-order chi connectivity index (χ0) is 9.86. The van der Waals surface area contributed by atoms with Crippen LogP contribution in [0, 0.1) is 0 Å². The zero-order valence-corrected chi connectivity index (χ0v) is 8.48. The van der Waals surface area contributed by atoms with Gasteiger partial charge in [-0.2, -0.15) is 0 Å². The maximum Gasteiger partial charge on any atom is 0.0686 e. The summed E-state index contributed by atoms with van der Waals surface area (Å²) in [6.07, 6.45) is 8.01. The van der Waals surface area contributed by atoms with Crippen LogP contribution in [0.15, 0.2) is 5.11 Å². The molecule has 1 spiro atoms. The van der Waals surface area contributed by atoms with Gasteiger partial charge in [-0.05, 0) is 31.2 Å². The molecule has 4 nitrogen and oxygen atoms in total. The summed E-state index contributed by atoms with van der Waals surface area (Å²) in [4.78, 5) is 2.91. The van der Waals surface area contributed by atoms with Gasteiger partial charge in [-0.25, -0.2) is 0 Å². The van der Waals surface area contributed by atoms with Crippen LogP contribution in [0.2, 0.25) is 0 Å². The van der Waals surface area contributed by atoms with Gasteiger partial charge in [0.2, 0.25) is 0 Å². The Kier molecular flexibility index (Phi) is 2.94. The van der Waals surface area contributed by atoms with Gasteiger partial charge in [-0.1, -0.05) is 24.4 Å². The van der Waals surface area contributed by atoms with E-state index in [9.17, 15) is 0 Å². The van der Waals surface area contributed by atoms with E-state index in [1.807, 2.05) is 0 Å². The van der Waals surface area contributed by atoms with Gasteiger partial charge in [-0.3, -0.25) is 0 Å². The molecule has 2 rings (SSSR count). The SMILES string of the molecule is [N-]=[N+]=NC1CCOC2(CCCCC2)C1. The highest BCUT2D eigenvalue weighted by Gasteiger charge is 2.37. The molecule has 78 valence electrons. The van der Waals surface area contributed by atoms with Crippen LogP contribution in [0.4, 0.5) is 0 Å². The molecule has 2 aliphatic rings. The van der Waals surface area contributed by atoms with E-state index in [-0.39, 0.29) is 11.6 Å². The molecule has 0 amide bonds. The first-order chi connectivity index (χ1) is 6.85. The summed E-state index contributed by atoms with van der Waals surface area (Å²) in [5, 5.41) is 3.83. The van der Waals surface area contributed by atoms with Gasteiger partial charge in [0, 0.05) is 17.6 Å². The standard InChI is InChI=1S/C10H17N3O/c11-13-12-9-4-7-14-10(8-9)5-2-1-3-6-10/h9H,1-8H2. The lowest BCUT2D eigenvalue weighted by Gasteiger charge is -2.42.